The van der Waals surface area contributed by atoms with Crippen LogP contribution in [0.25, 0.3) is 0 Å². The summed E-state index contributed by atoms with van der Waals surface area (Å²) in [7, 11) is 0. The topological polar surface area (TPSA) is 0 Å². The average Bonchev–Trinajstić information content (AvgIpc) is 2.56. The SMILES string of the molecule is Fc1c(F)c(C(F)(F)C(F)(F)C(F)(F)C(F)(F)C(F)(F)C(F)(F)F)c(F)c(F)c1I. The van der Waals surface area contributed by atoms with Crippen molar-refractivity contribution in [2.45, 2.75) is 35.8 Å². The summed E-state index contributed by atoms with van der Waals surface area (Å²) >= 11 is 0.379. The lowest BCUT2D eigenvalue weighted by atomic mass is 9.90. The van der Waals surface area contributed by atoms with Crippen LogP contribution in [0.15, 0.2) is 0 Å². The Bertz CT molecular complexity index is 807. The van der Waals surface area contributed by atoms with E-state index < -0.39 is 68.2 Å². The molecule has 0 heterocycles. The lowest BCUT2D eigenvalue weighted by Gasteiger charge is -2.39. The second-order valence-corrected chi connectivity index (χ2v) is 6.39. The van der Waals surface area contributed by atoms with E-state index in [1.807, 2.05) is 0 Å². The normalized spacial score (nSPS) is 15.0. The standard InChI is InChI=1S/C12F17I/c13-2-1(3(14)5(16)6(30)4(2)15)7(17,18)8(19,20)9(21,22)10(23,24)11(25,26)12(27,28)29. The molecule has 30 heavy (non-hydrogen) atoms. The minimum absolute atomic E-state index is 0.379. The lowest BCUT2D eigenvalue weighted by Crippen LogP contribution is -2.69. The molecule has 0 aromatic heterocycles. The van der Waals surface area contributed by atoms with Gasteiger partial charge in [0.05, 0.1) is 3.57 Å². The maximum absolute atomic E-state index is 13.8. The van der Waals surface area contributed by atoms with Crippen molar-refractivity contribution < 1.29 is 74.6 Å². The van der Waals surface area contributed by atoms with Gasteiger partial charge in [-0.15, -0.1) is 0 Å². The number of alkyl halides is 13. The summed E-state index contributed by atoms with van der Waals surface area (Å²) in [5.41, 5.74) is -3.95. The van der Waals surface area contributed by atoms with Crippen molar-refractivity contribution in [2.24, 2.45) is 0 Å². The molecule has 0 atom stereocenters. The van der Waals surface area contributed by atoms with Crippen LogP contribution in [0, 0.1) is 26.8 Å². The van der Waals surface area contributed by atoms with E-state index in [-0.39, 0.29) is 0 Å². The van der Waals surface area contributed by atoms with E-state index in [0.717, 1.165) is 0 Å². The molecule has 0 aliphatic heterocycles. The molecule has 0 N–H and O–H groups in total. The first-order valence-corrected chi connectivity index (χ1v) is 7.48. The third kappa shape index (κ3) is 3.26. The Balaban J connectivity index is 3.87. The smallest absolute Gasteiger partial charge is 0.203 e. The number of hydrogen-bond acceptors (Lipinski definition) is 0. The summed E-state index contributed by atoms with van der Waals surface area (Å²) in [5.74, 6) is -53.3. The van der Waals surface area contributed by atoms with E-state index in [9.17, 15) is 74.6 Å². The number of hydrogen-bond donors (Lipinski definition) is 0. The van der Waals surface area contributed by atoms with Gasteiger partial charge < -0.3 is 0 Å². The summed E-state index contributed by atoms with van der Waals surface area (Å²) in [5, 5.41) is 0. The molecule has 1 rings (SSSR count). The third-order valence-electron chi connectivity index (χ3n) is 3.46. The summed E-state index contributed by atoms with van der Waals surface area (Å²) < 4.78 is 220. The van der Waals surface area contributed by atoms with Crippen LogP contribution in [0.2, 0.25) is 0 Å². The van der Waals surface area contributed by atoms with E-state index in [1.165, 1.54) is 0 Å². The zero-order valence-corrected chi connectivity index (χ0v) is 15.0. The molecular weight excluding hydrogens is 594 g/mol. The van der Waals surface area contributed by atoms with Crippen LogP contribution in [0.5, 0.6) is 0 Å². The highest BCUT2D eigenvalue weighted by molar-refractivity contribution is 14.1. The highest BCUT2D eigenvalue weighted by Gasteiger charge is 2.91. The molecule has 0 spiro atoms. The summed E-state index contributed by atoms with van der Waals surface area (Å²) in [6.07, 6.45) is -7.69. The molecule has 18 heteroatoms. The quantitative estimate of drug-likeness (QED) is 0.149. The van der Waals surface area contributed by atoms with Crippen molar-refractivity contribution in [1.82, 2.24) is 0 Å². The molecule has 0 bridgehead atoms. The van der Waals surface area contributed by atoms with Crippen molar-refractivity contribution in [3.05, 3.63) is 32.4 Å². The van der Waals surface area contributed by atoms with E-state index >= 15 is 0 Å². The summed E-state index contributed by atoms with van der Waals surface area (Å²) in [6.45, 7) is 0. The Kier molecular flexibility index (Phi) is 6.38. The molecule has 0 saturated carbocycles. The molecule has 0 aliphatic carbocycles. The van der Waals surface area contributed by atoms with Gasteiger partial charge in [0.1, 0.15) is 5.56 Å². The number of halogens is 18. The molecular formula is C12F17I. The average molecular weight is 594 g/mol. The first-order valence-electron chi connectivity index (χ1n) is 6.40. The fourth-order valence-corrected chi connectivity index (χ4v) is 2.28. The molecule has 0 unspecified atom stereocenters. The van der Waals surface area contributed by atoms with Gasteiger partial charge in [-0.05, 0) is 22.6 Å². The highest BCUT2D eigenvalue weighted by atomic mass is 127. The second kappa shape index (κ2) is 7.14. The lowest BCUT2D eigenvalue weighted by molar-refractivity contribution is -0.442. The van der Waals surface area contributed by atoms with Crippen molar-refractivity contribution in [3.8, 4) is 0 Å². The van der Waals surface area contributed by atoms with Crippen molar-refractivity contribution >= 4 is 22.6 Å². The van der Waals surface area contributed by atoms with Gasteiger partial charge in [0, 0.05) is 0 Å². The van der Waals surface area contributed by atoms with Gasteiger partial charge in [-0.3, -0.25) is 0 Å². The monoisotopic (exact) mass is 594 g/mol. The maximum Gasteiger partial charge on any atom is 0.460 e. The summed E-state index contributed by atoms with van der Waals surface area (Å²) in [6, 6.07) is 0. The zero-order valence-electron chi connectivity index (χ0n) is 12.8. The van der Waals surface area contributed by atoms with Gasteiger partial charge in [0.2, 0.25) is 0 Å². The van der Waals surface area contributed by atoms with Gasteiger partial charge in [-0.1, -0.05) is 0 Å². The predicted molar refractivity (Wildman–Crippen MR) is 68.7 cm³/mol. The fraction of sp³-hybridized carbons (Fsp3) is 0.500. The molecule has 0 amide bonds. The van der Waals surface area contributed by atoms with E-state index in [2.05, 4.69) is 0 Å². The van der Waals surface area contributed by atoms with Crippen LogP contribution >= 0.6 is 22.6 Å². The van der Waals surface area contributed by atoms with E-state index in [1.54, 1.807) is 0 Å². The molecule has 1 aromatic rings. The largest absolute Gasteiger partial charge is 0.460 e. The Morgan fingerprint density at radius 1 is 0.433 bits per heavy atom. The van der Waals surface area contributed by atoms with Crippen LogP contribution in [-0.2, 0) is 5.92 Å². The molecule has 1 aromatic carbocycles. The van der Waals surface area contributed by atoms with E-state index in [4.69, 9.17) is 0 Å². The third-order valence-corrected chi connectivity index (χ3v) is 4.40. The van der Waals surface area contributed by atoms with Gasteiger partial charge in [-0.25, -0.2) is 17.6 Å². The van der Waals surface area contributed by atoms with Gasteiger partial charge in [-0.2, -0.15) is 57.1 Å². The molecule has 0 radical (unpaired) electrons. The maximum atomic E-state index is 13.8. The minimum Gasteiger partial charge on any atom is -0.203 e. The molecule has 0 nitrogen and oxygen atoms in total. The van der Waals surface area contributed by atoms with Crippen molar-refractivity contribution in [3.63, 3.8) is 0 Å². The van der Waals surface area contributed by atoms with Gasteiger partial charge >= 0.3 is 35.8 Å². The van der Waals surface area contributed by atoms with Crippen molar-refractivity contribution in [1.29, 1.82) is 0 Å². The Hall–Kier alpha value is -1.24. The molecule has 0 saturated heterocycles. The highest BCUT2D eigenvalue weighted by Crippen LogP contribution is 2.62. The molecule has 0 aliphatic rings. The zero-order chi connectivity index (χ0) is 24.5. The molecule has 0 fully saturated rings. The van der Waals surface area contributed by atoms with Crippen LogP contribution in [-0.4, -0.2) is 29.9 Å². The summed E-state index contributed by atoms with van der Waals surface area (Å²) in [4.78, 5) is 0. The Labute approximate surface area is 166 Å². The van der Waals surface area contributed by atoms with Crippen LogP contribution in [0.4, 0.5) is 74.6 Å². The second-order valence-electron chi connectivity index (χ2n) is 5.31. The Morgan fingerprint density at radius 3 is 1.03 bits per heavy atom. The van der Waals surface area contributed by atoms with Crippen molar-refractivity contribution in [2.75, 3.05) is 0 Å². The van der Waals surface area contributed by atoms with Crippen LogP contribution < -0.4 is 0 Å². The van der Waals surface area contributed by atoms with Gasteiger partial charge in [0.15, 0.2) is 23.3 Å². The molecule has 174 valence electrons. The van der Waals surface area contributed by atoms with Crippen LogP contribution in [0.3, 0.4) is 0 Å². The predicted octanol–water partition coefficient (Wildman–Crippen LogP) is 7.04. The van der Waals surface area contributed by atoms with Gasteiger partial charge in [0.25, 0.3) is 0 Å². The van der Waals surface area contributed by atoms with Crippen LogP contribution in [0.1, 0.15) is 5.56 Å². The minimum atomic E-state index is -8.38. The first-order chi connectivity index (χ1) is 12.9. The fourth-order valence-electron chi connectivity index (χ4n) is 1.81. The number of benzene rings is 1. The number of rotatable bonds is 5. The van der Waals surface area contributed by atoms with E-state index in [0.29, 0.717) is 22.6 Å². The first kappa shape index (κ1) is 26.8. The Morgan fingerprint density at radius 2 is 0.733 bits per heavy atom.